The van der Waals surface area contributed by atoms with E-state index in [-0.39, 0.29) is 25.4 Å². The van der Waals surface area contributed by atoms with Crippen molar-refractivity contribution in [3.05, 3.63) is 29.8 Å². The normalized spacial score (nSPS) is 19.3. The molecule has 102 valence electrons. The Morgan fingerprint density at radius 2 is 2.16 bits per heavy atom. The maximum Gasteiger partial charge on any atom is 0.412 e. The molecule has 0 radical (unpaired) electrons. The van der Waals surface area contributed by atoms with E-state index < -0.39 is 29.5 Å². The number of benzene rings is 1. The molecule has 2 rings (SSSR count). The maximum absolute atomic E-state index is 13.6. The number of carbonyl (C=O) groups is 2. The van der Waals surface area contributed by atoms with Crippen LogP contribution < -0.4 is 4.90 Å². The Labute approximate surface area is 107 Å². The third-order valence-corrected chi connectivity index (χ3v) is 2.78. The minimum atomic E-state index is -1.46. The molecule has 0 unspecified atom stereocenters. The number of halogens is 2. The summed E-state index contributed by atoms with van der Waals surface area (Å²) in [7, 11) is 0. The molecule has 0 aromatic heterocycles. The summed E-state index contributed by atoms with van der Waals surface area (Å²) in [6, 6.07) is 1.66. The average molecular weight is 271 g/mol. The van der Waals surface area contributed by atoms with E-state index in [0.717, 1.165) is 18.2 Å². The van der Waals surface area contributed by atoms with E-state index in [2.05, 4.69) is 0 Å². The van der Waals surface area contributed by atoms with Gasteiger partial charge in [0.25, 0.3) is 0 Å². The molecular weight excluding hydrogens is 260 g/mol. The van der Waals surface area contributed by atoms with E-state index in [0.29, 0.717) is 4.90 Å². The third-order valence-electron chi connectivity index (χ3n) is 2.78. The first-order valence-corrected chi connectivity index (χ1v) is 5.55. The fourth-order valence-corrected chi connectivity index (χ4v) is 1.98. The molecule has 1 aliphatic heterocycles. The Balaban J connectivity index is 2.36. The van der Waals surface area contributed by atoms with Crippen molar-refractivity contribution in [1.82, 2.24) is 0 Å². The SMILES string of the molecule is O=C1COC[C@@H](N(C(=O)O)c2cc(F)ccc2F)C1. The topological polar surface area (TPSA) is 66.8 Å². The van der Waals surface area contributed by atoms with Gasteiger partial charge in [0.2, 0.25) is 0 Å². The number of ether oxygens (including phenoxy) is 1. The number of rotatable bonds is 2. The van der Waals surface area contributed by atoms with Gasteiger partial charge in [0.15, 0.2) is 5.78 Å². The number of carbonyl (C=O) groups excluding carboxylic acids is 1. The van der Waals surface area contributed by atoms with Crippen LogP contribution >= 0.6 is 0 Å². The summed E-state index contributed by atoms with van der Waals surface area (Å²) in [4.78, 5) is 23.1. The molecule has 19 heavy (non-hydrogen) atoms. The second kappa shape index (κ2) is 5.31. The molecule has 0 aliphatic carbocycles. The number of ketones is 1. The van der Waals surface area contributed by atoms with E-state index in [4.69, 9.17) is 9.84 Å². The second-order valence-corrected chi connectivity index (χ2v) is 4.16. The van der Waals surface area contributed by atoms with Gasteiger partial charge < -0.3 is 9.84 Å². The molecule has 1 heterocycles. The van der Waals surface area contributed by atoms with E-state index >= 15 is 0 Å². The minimum absolute atomic E-state index is 0.0337. The number of anilines is 1. The van der Waals surface area contributed by atoms with Crippen LogP contribution in [0.15, 0.2) is 18.2 Å². The summed E-state index contributed by atoms with van der Waals surface area (Å²) in [6.45, 7) is -0.121. The first-order valence-electron chi connectivity index (χ1n) is 5.55. The van der Waals surface area contributed by atoms with Crippen molar-refractivity contribution >= 4 is 17.6 Å². The molecule has 1 saturated heterocycles. The molecule has 1 N–H and O–H groups in total. The largest absolute Gasteiger partial charge is 0.465 e. The van der Waals surface area contributed by atoms with Gasteiger partial charge >= 0.3 is 6.09 Å². The Kier molecular flexibility index (Phi) is 3.75. The fraction of sp³-hybridized carbons (Fsp3) is 0.333. The zero-order valence-corrected chi connectivity index (χ0v) is 9.81. The monoisotopic (exact) mass is 271 g/mol. The van der Waals surface area contributed by atoms with Gasteiger partial charge in [-0.3, -0.25) is 9.69 Å². The smallest absolute Gasteiger partial charge is 0.412 e. The van der Waals surface area contributed by atoms with Crippen LogP contribution in [-0.4, -0.2) is 36.2 Å². The van der Waals surface area contributed by atoms with Crippen LogP contribution in [0, 0.1) is 11.6 Å². The van der Waals surface area contributed by atoms with Crippen LogP contribution in [0.1, 0.15) is 6.42 Å². The average Bonchev–Trinajstić information content (AvgIpc) is 2.33. The van der Waals surface area contributed by atoms with Gasteiger partial charge in [-0.05, 0) is 12.1 Å². The van der Waals surface area contributed by atoms with Gasteiger partial charge in [0.1, 0.15) is 18.2 Å². The number of hydrogen-bond acceptors (Lipinski definition) is 3. The van der Waals surface area contributed by atoms with Gasteiger partial charge in [-0.25, -0.2) is 13.6 Å². The van der Waals surface area contributed by atoms with Crippen molar-refractivity contribution in [2.75, 3.05) is 18.1 Å². The van der Waals surface area contributed by atoms with Crippen LogP contribution in [0.5, 0.6) is 0 Å². The Morgan fingerprint density at radius 3 is 2.79 bits per heavy atom. The first kappa shape index (κ1) is 13.4. The molecule has 5 nitrogen and oxygen atoms in total. The van der Waals surface area contributed by atoms with Crippen molar-refractivity contribution in [1.29, 1.82) is 0 Å². The lowest BCUT2D eigenvalue weighted by atomic mass is 10.1. The summed E-state index contributed by atoms with van der Waals surface area (Å²) in [5.41, 5.74) is -0.421. The summed E-state index contributed by atoms with van der Waals surface area (Å²) in [5.74, 6) is -1.91. The Hall–Kier alpha value is -2.02. The highest BCUT2D eigenvalue weighted by Gasteiger charge is 2.32. The first-order chi connectivity index (χ1) is 8.99. The fourth-order valence-electron chi connectivity index (χ4n) is 1.98. The predicted molar refractivity (Wildman–Crippen MR) is 61.1 cm³/mol. The van der Waals surface area contributed by atoms with Crippen molar-refractivity contribution in [3.63, 3.8) is 0 Å². The number of nitrogens with zero attached hydrogens (tertiary/aromatic N) is 1. The van der Waals surface area contributed by atoms with Crippen LogP contribution in [0.4, 0.5) is 19.3 Å². The standard InChI is InChI=1S/C12H11F2NO4/c13-7-1-2-10(14)11(3-7)15(12(17)18)8-4-9(16)6-19-5-8/h1-3,8H,4-6H2,(H,17,18)/t8-/m0/s1. The quantitative estimate of drug-likeness (QED) is 0.890. The molecule has 0 saturated carbocycles. The highest BCUT2D eigenvalue weighted by molar-refractivity contribution is 5.89. The van der Waals surface area contributed by atoms with Crippen LogP contribution in [0.3, 0.4) is 0 Å². The van der Waals surface area contributed by atoms with Gasteiger partial charge in [-0.2, -0.15) is 0 Å². The van der Waals surface area contributed by atoms with Crippen molar-refractivity contribution < 1.29 is 28.2 Å². The molecule has 1 fully saturated rings. The number of hydrogen-bond donors (Lipinski definition) is 1. The van der Waals surface area contributed by atoms with Gasteiger partial charge in [-0.1, -0.05) is 0 Å². The van der Waals surface area contributed by atoms with Crippen LogP contribution in [-0.2, 0) is 9.53 Å². The molecule has 1 amide bonds. The molecule has 0 spiro atoms. The highest BCUT2D eigenvalue weighted by atomic mass is 19.1. The maximum atomic E-state index is 13.6. The van der Waals surface area contributed by atoms with E-state index in [1.165, 1.54) is 0 Å². The lowest BCUT2D eigenvalue weighted by Crippen LogP contribution is -2.47. The number of Topliss-reactive ketones (excluding diaryl/α,β-unsaturated/α-hetero) is 1. The molecule has 7 heteroatoms. The summed E-state index contributed by atoms with van der Waals surface area (Å²) < 4.78 is 31.7. The highest BCUT2D eigenvalue weighted by Crippen LogP contribution is 2.25. The summed E-state index contributed by atoms with van der Waals surface area (Å²) in [6.07, 6.45) is -1.55. The minimum Gasteiger partial charge on any atom is -0.465 e. The van der Waals surface area contributed by atoms with Crippen molar-refractivity contribution in [2.24, 2.45) is 0 Å². The molecule has 0 bridgehead atoms. The van der Waals surface area contributed by atoms with Crippen molar-refractivity contribution in [2.45, 2.75) is 12.5 Å². The number of amides is 1. The lowest BCUT2D eigenvalue weighted by molar-refractivity contribution is -0.127. The van der Waals surface area contributed by atoms with Crippen LogP contribution in [0.25, 0.3) is 0 Å². The second-order valence-electron chi connectivity index (χ2n) is 4.16. The van der Waals surface area contributed by atoms with Gasteiger partial charge in [0, 0.05) is 12.5 Å². The molecule has 1 atom stereocenters. The van der Waals surface area contributed by atoms with E-state index in [1.54, 1.807) is 0 Å². The Morgan fingerprint density at radius 1 is 1.42 bits per heavy atom. The van der Waals surface area contributed by atoms with E-state index in [9.17, 15) is 18.4 Å². The zero-order chi connectivity index (χ0) is 14.0. The van der Waals surface area contributed by atoms with Crippen molar-refractivity contribution in [3.8, 4) is 0 Å². The summed E-state index contributed by atoms with van der Waals surface area (Å²) >= 11 is 0. The molecule has 1 aliphatic rings. The van der Waals surface area contributed by atoms with Gasteiger partial charge in [-0.15, -0.1) is 0 Å². The Bertz CT molecular complexity index is 520. The lowest BCUT2D eigenvalue weighted by Gasteiger charge is -2.31. The number of carboxylic acid groups (broad SMARTS) is 1. The van der Waals surface area contributed by atoms with Crippen LogP contribution in [0.2, 0.25) is 0 Å². The summed E-state index contributed by atoms with van der Waals surface area (Å²) in [5, 5.41) is 9.15. The molecule has 1 aromatic carbocycles. The third kappa shape index (κ3) is 2.87. The van der Waals surface area contributed by atoms with Gasteiger partial charge in [0.05, 0.1) is 18.3 Å². The predicted octanol–water partition coefficient (Wildman–Crippen LogP) is 1.81. The zero-order valence-electron chi connectivity index (χ0n) is 9.81. The van der Waals surface area contributed by atoms with E-state index in [1.807, 2.05) is 0 Å². The molecular formula is C12H11F2NO4. The molecule has 1 aromatic rings.